The first-order valence-electron chi connectivity index (χ1n) is 6.23. The van der Waals surface area contributed by atoms with Crippen LogP contribution in [0.4, 0.5) is 17.6 Å². The van der Waals surface area contributed by atoms with Crippen LogP contribution in [-0.2, 0) is 12.6 Å². The average molecular weight is 296 g/mol. The van der Waals surface area contributed by atoms with Crippen LogP contribution in [0.25, 0.3) is 0 Å². The fourth-order valence-electron chi connectivity index (χ4n) is 1.95. The summed E-state index contributed by atoms with van der Waals surface area (Å²) in [5.41, 5.74) is 0.657. The number of halogens is 4. The molecule has 0 aromatic heterocycles. The fourth-order valence-corrected chi connectivity index (χ4v) is 1.95. The Bertz CT molecular complexity index is 657. The Hall–Kier alpha value is -2.17. The largest absolute Gasteiger partial charge is 0.416 e. The summed E-state index contributed by atoms with van der Waals surface area (Å²) in [5, 5.41) is 0. The fraction of sp³-hybridized carbons (Fsp3) is 0.188. The minimum Gasteiger partial charge on any atom is -0.294 e. The maximum absolute atomic E-state index is 13.1. The maximum Gasteiger partial charge on any atom is 0.416 e. The molecule has 110 valence electrons. The molecule has 2 aromatic rings. The van der Waals surface area contributed by atoms with E-state index in [9.17, 15) is 22.4 Å². The van der Waals surface area contributed by atoms with Crippen LogP contribution >= 0.6 is 0 Å². The van der Waals surface area contributed by atoms with Crippen LogP contribution in [0.15, 0.2) is 42.5 Å². The maximum atomic E-state index is 13.1. The molecule has 0 amide bonds. The van der Waals surface area contributed by atoms with Crippen molar-refractivity contribution in [3.05, 3.63) is 70.5 Å². The summed E-state index contributed by atoms with van der Waals surface area (Å²) >= 11 is 0. The predicted octanol–water partition coefficient (Wildman–Crippen LogP) is 4.58. The van der Waals surface area contributed by atoms with Gasteiger partial charge in [-0.25, -0.2) is 4.39 Å². The highest BCUT2D eigenvalue weighted by Crippen LogP contribution is 2.29. The van der Waals surface area contributed by atoms with E-state index in [-0.39, 0.29) is 17.8 Å². The second-order valence-electron chi connectivity index (χ2n) is 4.75. The summed E-state index contributed by atoms with van der Waals surface area (Å²) in [6.45, 7) is 1.74. The quantitative estimate of drug-likeness (QED) is 0.598. The molecule has 0 fully saturated rings. The number of Topliss-reactive ketones (excluding diaryl/α,β-unsaturated/α-hetero) is 1. The summed E-state index contributed by atoms with van der Waals surface area (Å²) in [6, 6.07) is 8.13. The van der Waals surface area contributed by atoms with E-state index in [2.05, 4.69) is 0 Å². The van der Waals surface area contributed by atoms with E-state index >= 15 is 0 Å². The molecule has 0 spiro atoms. The van der Waals surface area contributed by atoms with Crippen molar-refractivity contribution >= 4 is 5.78 Å². The van der Waals surface area contributed by atoms with E-state index in [0.717, 1.165) is 29.8 Å². The first-order valence-corrected chi connectivity index (χ1v) is 6.23. The van der Waals surface area contributed by atoms with Crippen molar-refractivity contribution in [2.75, 3.05) is 0 Å². The standard InChI is InChI=1S/C16H12F4O/c1-10-2-7-14(17)8-12(10)9-15(21)11-3-5-13(6-4-11)16(18,19)20/h2-8H,9H2,1H3. The molecule has 2 rings (SSSR count). The molecule has 0 radical (unpaired) electrons. The zero-order chi connectivity index (χ0) is 15.6. The third-order valence-electron chi connectivity index (χ3n) is 3.20. The Kier molecular flexibility index (Phi) is 4.11. The van der Waals surface area contributed by atoms with Gasteiger partial charge in [-0.05, 0) is 42.3 Å². The lowest BCUT2D eigenvalue weighted by Gasteiger charge is -2.08. The van der Waals surface area contributed by atoms with Crippen LogP contribution in [0.1, 0.15) is 27.0 Å². The zero-order valence-corrected chi connectivity index (χ0v) is 11.2. The van der Waals surface area contributed by atoms with E-state index < -0.39 is 17.6 Å². The second kappa shape index (κ2) is 5.68. The highest BCUT2D eigenvalue weighted by molar-refractivity contribution is 5.97. The Labute approximate surface area is 119 Å². The molecule has 0 unspecified atom stereocenters. The number of ketones is 1. The molecular formula is C16H12F4O. The molecule has 2 aromatic carbocycles. The number of benzene rings is 2. The third kappa shape index (κ3) is 3.68. The molecule has 0 aliphatic rings. The summed E-state index contributed by atoms with van der Waals surface area (Å²) in [6.07, 6.45) is -4.48. The van der Waals surface area contributed by atoms with E-state index in [1.54, 1.807) is 13.0 Å². The molecule has 0 aliphatic heterocycles. The Balaban J connectivity index is 2.19. The molecule has 1 nitrogen and oxygen atoms in total. The number of alkyl halides is 3. The van der Waals surface area contributed by atoms with Crippen LogP contribution in [0.2, 0.25) is 0 Å². The van der Waals surface area contributed by atoms with E-state index in [0.29, 0.717) is 5.56 Å². The van der Waals surface area contributed by atoms with Crippen LogP contribution in [0.5, 0.6) is 0 Å². The number of aryl methyl sites for hydroxylation is 1. The lowest BCUT2D eigenvalue weighted by atomic mass is 9.98. The highest BCUT2D eigenvalue weighted by atomic mass is 19.4. The molecule has 0 saturated heterocycles. The molecule has 0 saturated carbocycles. The average Bonchev–Trinajstić information content (AvgIpc) is 2.42. The van der Waals surface area contributed by atoms with Crippen molar-refractivity contribution in [1.29, 1.82) is 0 Å². The number of rotatable bonds is 3. The van der Waals surface area contributed by atoms with Gasteiger partial charge in [0.1, 0.15) is 5.82 Å². The van der Waals surface area contributed by atoms with E-state index in [1.807, 2.05) is 0 Å². The van der Waals surface area contributed by atoms with Gasteiger partial charge in [0, 0.05) is 12.0 Å². The summed E-state index contributed by atoms with van der Waals surface area (Å²) in [4.78, 5) is 12.0. The topological polar surface area (TPSA) is 17.1 Å². The van der Waals surface area contributed by atoms with Gasteiger partial charge in [0.15, 0.2) is 5.78 Å². The molecule has 5 heteroatoms. The van der Waals surface area contributed by atoms with Crippen LogP contribution in [0, 0.1) is 12.7 Å². The minimum atomic E-state index is -4.43. The van der Waals surface area contributed by atoms with Gasteiger partial charge in [0.05, 0.1) is 5.56 Å². The summed E-state index contributed by atoms with van der Waals surface area (Å²) in [5.74, 6) is -0.798. The first-order chi connectivity index (χ1) is 9.77. The van der Waals surface area contributed by atoms with Gasteiger partial charge >= 0.3 is 6.18 Å². The second-order valence-corrected chi connectivity index (χ2v) is 4.75. The van der Waals surface area contributed by atoms with E-state index in [4.69, 9.17) is 0 Å². The zero-order valence-electron chi connectivity index (χ0n) is 11.2. The van der Waals surface area contributed by atoms with Gasteiger partial charge in [-0.2, -0.15) is 13.2 Å². The van der Waals surface area contributed by atoms with Gasteiger partial charge in [0.25, 0.3) is 0 Å². The Morgan fingerprint density at radius 1 is 1.05 bits per heavy atom. The molecule has 0 aliphatic carbocycles. The van der Waals surface area contributed by atoms with Gasteiger partial charge in [0.2, 0.25) is 0 Å². The number of carbonyl (C=O) groups is 1. The Morgan fingerprint density at radius 2 is 1.67 bits per heavy atom. The van der Waals surface area contributed by atoms with Crippen molar-refractivity contribution in [1.82, 2.24) is 0 Å². The summed E-state index contributed by atoms with van der Waals surface area (Å²) in [7, 11) is 0. The molecule has 0 heterocycles. The van der Waals surface area contributed by atoms with E-state index in [1.165, 1.54) is 12.1 Å². The van der Waals surface area contributed by atoms with Gasteiger partial charge in [-0.1, -0.05) is 18.2 Å². The van der Waals surface area contributed by atoms with Crippen molar-refractivity contribution in [3.8, 4) is 0 Å². The van der Waals surface area contributed by atoms with Crippen LogP contribution in [0.3, 0.4) is 0 Å². The normalized spacial score (nSPS) is 11.5. The predicted molar refractivity (Wildman–Crippen MR) is 70.6 cm³/mol. The van der Waals surface area contributed by atoms with Crippen molar-refractivity contribution in [3.63, 3.8) is 0 Å². The number of hydrogen-bond acceptors (Lipinski definition) is 1. The number of hydrogen-bond donors (Lipinski definition) is 0. The SMILES string of the molecule is Cc1ccc(F)cc1CC(=O)c1ccc(C(F)(F)F)cc1. The molecule has 0 bridgehead atoms. The lowest BCUT2D eigenvalue weighted by molar-refractivity contribution is -0.137. The number of carbonyl (C=O) groups excluding carboxylic acids is 1. The minimum absolute atomic E-state index is 0.0467. The Morgan fingerprint density at radius 3 is 2.24 bits per heavy atom. The molecule has 21 heavy (non-hydrogen) atoms. The lowest BCUT2D eigenvalue weighted by Crippen LogP contribution is -2.08. The van der Waals surface area contributed by atoms with Crippen LogP contribution < -0.4 is 0 Å². The molecule has 0 N–H and O–H groups in total. The van der Waals surface area contributed by atoms with Crippen molar-refractivity contribution < 1.29 is 22.4 Å². The van der Waals surface area contributed by atoms with Crippen LogP contribution in [-0.4, -0.2) is 5.78 Å². The van der Waals surface area contributed by atoms with Gasteiger partial charge in [-0.15, -0.1) is 0 Å². The van der Waals surface area contributed by atoms with Gasteiger partial charge in [-0.3, -0.25) is 4.79 Å². The third-order valence-corrected chi connectivity index (χ3v) is 3.20. The van der Waals surface area contributed by atoms with Crippen molar-refractivity contribution in [2.24, 2.45) is 0 Å². The smallest absolute Gasteiger partial charge is 0.294 e. The summed E-state index contributed by atoms with van der Waals surface area (Å²) < 4.78 is 50.5. The highest BCUT2D eigenvalue weighted by Gasteiger charge is 2.30. The van der Waals surface area contributed by atoms with Crippen molar-refractivity contribution in [2.45, 2.75) is 19.5 Å². The molecular weight excluding hydrogens is 284 g/mol. The molecule has 0 atom stereocenters. The monoisotopic (exact) mass is 296 g/mol. The first kappa shape index (κ1) is 15.2. The van der Waals surface area contributed by atoms with Gasteiger partial charge < -0.3 is 0 Å².